The largest absolute Gasteiger partial charge is 0.454 e. The van der Waals surface area contributed by atoms with Gasteiger partial charge in [0.05, 0.1) is 5.69 Å². The Kier molecular flexibility index (Phi) is 5.66. The average Bonchev–Trinajstić information content (AvgIpc) is 3.55. The van der Waals surface area contributed by atoms with E-state index in [9.17, 15) is 9.59 Å². The van der Waals surface area contributed by atoms with Crippen LogP contribution in [0.5, 0.6) is 11.5 Å². The predicted octanol–water partition coefficient (Wildman–Crippen LogP) is 4.33. The molecule has 5 rings (SSSR count). The van der Waals surface area contributed by atoms with Gasteiger partial charge in [0, 0.05) is 16.6 Å². The first-order chi connectivity index (χ1) is 15.6. The van der Waals surface area contributed by atoms with Crippen molar-refractivity contribution in [3.05, 3.63) is 46.9 Å². The molecular weight excluding hydrogens is 498 g/mol. The topological polar surface area (TPSA) is 106 Å². The number of amides is 3. The molecule has 0 radical (unpaired) electrons. The van der Waals surface area contributed by atoms with E-state index in [2.05, 4.69) is 36.8 Å². The Hall–Kier alpha value is -3.18. The van der Waals surface area contributed by atoms with E-state index in [1.54, 1.807) is 11.0 Å². The highest BCUT2D eigenvalue weighted by molar-refractivity contribution is 9.10. The molecule has 1 saturated heterocycles. The molecule has 1 fully saturated rings. The fourth-order valence-corrected chi connectivity index (χ4v) is 4.77. The fraction of sp³-hybridized carbons (Fsp3) is 0.238. The van der Waals surface area contributed by atoms with Crippen LogP contribution in [0.25, 0.3) is 10.6 Å². The summed E-state index contributed by atoms with van der Waals surface area (Å²) < 4.78 is 11.5. The molecule has 1 atom stereocenters. The van der Waals surface area contributed by atoms with Crippen molar-refractivity contribution in [3.63, 3.8) is 0 Å². The zero-order valence-electron chi connectivity index (χ0n) is 16.7. The van der Waals surface area contributed by atoms with Gasteiger partial charge in [-0.05, 0) is 59.1 Å². The molecule has 2 aliphatic heterocycles. The van der Waals surface area contributed by atoms with Crippen molar-refractivity contribution < 1.29 is 19.1 Å². The van der Waals surface area contributed by atoms with Gasteiger partial charge in [-0.1, -0.05) is 23.5 Å². The summed E-state index contributed by atoms with van der Waals surface area (Å²) in [6.07, 6.45) is 1.34. The highest BCUT2D eigenvalue weighted by atomic mass is 79.9. The first-order valence-electron chi connectivity index (χ1n) is 9.95. The number of para-hydroxylation sites is 1. The van der Waals surface area contributed by atoms with E-state index in [0.717, 1.165) is 16.5 Å². The Morgan fingerprint density at radius 3 is 2.81 bits per heavy atom. The summed E-state index contributed by atoms with van der Waals surface area (Å²) in [4.78, 5) is 27.2. The van der Waals surface area contributed by atoms with Crippen LogP contribution in [0.3, 0.4) is 0 Å². The quantitative estimate of drug-likeness (QED) is 0.535. The van der Waals surface area contributed by atoms with Crippen LogP contribution < -0.4 is 20.1 Å². The number of hydrogen-bond acceptors (Lipinski definition) is 7. The minimum absolute atomic E-state index is 0.197. The van der Waals surface area contributed by atoms with Crippen LogP contribution in [0.4, 0.5) is 15.6 Å². The van der Waals surface area contributed by atoms with Crippen LogP contribution >= 0.6 is 27.3 Å². The van der Waals surface area contributed by atoms with E-state index in [1.165, 1.54) is 11.3 Å². The van der Waals surface area contributed by atoms with Crippen molar-refractivity contribution in [1.29, 1.82) is 0 Å². The van der Waals surface area contributed by atoms with Crippen molar-refractivity contribution in [2.24, 2.45) is 0 Å². The first kappa shape index (κ1) is 20.7. The van der Waals surface area contributed by atoms with Gasteiger partial charge < -0.3 is 19.7 Å². The third-order valence-corrected chi connectivity index (χ3v) is 6.79. The number of aromatic nitrogens is 2. The molecule has 2 aliphatic rings. The highest BCUT2D eigenvalue weighted by Gasteiger charge is 2.35. The number of fused-ring (bicyclic) bond motifs is 1. The molecule has 3 heterocycles. The SMILES string of the molecule is O=C(Nc1nnc(-c2ccc3c(c2)OCO3)s1)C1CCCN1C(=O)Nc1ccccc1Br. The Bertz CT molecular complexity index is 1190. The maximum Gasteiger partial charge on any atom is 0.322 e. The van der Waals surface area contributed by atoms with Crippen LogP contribution in [0, 0.1) is 0 Å². The zero-order valence-corrected chi connectivity index (χ0v) is 19.1. The number of ether oxygens (including phenoxy) is 2. The predicted molar refractivity (Wildman–Crippen MR) is 123 cm³/mol. The molecule has 2 aromatic carbocycles. The minimum atomic E-state index is -0.574. The Labute approximate surface area is 195 Å². The molecular formula is C21H18BrN5O4S. The molecule has 1 aromatic heterocycles. The van der Waals surface area contributed by atoms with Gasteiger partial charge in [-0.25, -0.2) is 4.79 Å². The molecule has 9 nitrogen and oxygen atoms in total. The molecule has 11 heteroatoms. The van der Waals surface area contributed by atoms with Gasteiger partial charge in [0.1, 0.15) is 11.0 Å². The number of rotatable bonds is 4. The maximum absolute atomic E-state index is 12.9. The van der Waals surface area contributed by atoms with Crippen LogP contribution in [-0.4, -0.2) is 46.4 Å². The smallest absolute Gasteiger partial charge is 0.322 e. The van der Waals surface area contributed by atoms with E-state index >= 15 is 0 Å². The average molecular weight is 516 g/mol. The summed E-state index contributed by atoms with van der Waals surface area (Å²) in [7, 11) is 0. The molecule has 3 amide bonds. The summed E-state index contributed by atoms with van der Waals surface area (Å²) in [5, 5.41) is 14.9. The molecule has 164 valence electrons. The van der Waals surface area contributed by atoms with Gasteiger partial charge in [0.15, 0.2) is 11.5 Å². The summed E-state index contributed by atoms with van der Waals surface area (Å²) in [5.74, 6) is 1.06. The number of likely N-dealkylation sites (tertiary alicyclic amines) is 1. The molecule has 1 unspecified atom stereocenters. The Morgan fingerprint density at radius 1 is 1.09 bits per heavy atom. The van der Waals surface area contributed by atoms with Crippen LogP contribution in [0.15, 0.2) is 46.9 Å². The number of carbonyl (C=O) groups excluding carboxylic acids is 2. The second-order valence-electron chi connectivity index (χ2n) is 7.23. The number of nitrogens with zero attached hydrogens (tertiary/aromatic N) is 3. The first-order valence-corrected chi connectivity index (χ1v) is 11.6. The normalized spacial score (nSPS) is 16.8. The molecule has 0 aliphatic carbocycles. The van der Waals surface area contributed by atoms with Crippen molar-refractivity contribution >= 4 is 50.0 Å². The molecule has 0 saturated carbocycles. The monoisotopic (exact) mass is 515 g/mol. The Morgan fingerprint density at radius 2 is 1.94 bits per heavy atom. The van der Waals surface area contributed by atoms with Gasteiger partial charge in [0.2, 0.25) is 17.8 Å². The van der Waals surface area contributed by atoms with E-state index in [4.69, 9.17) is 9.47 Å². The minimum Gasteiger partial charge on any atom is -0.454 e. The fourth-order valence-electron chi connectivity index (χ4n) is 3.64. The molecule has 32 heavy (non-hydrogen) atoms. The van der Waals surface area contributed by atoms with E-state index in [0.29, 0.717) is 40.3 Å². The lowest BCUT2D eigenvalue weighted by molar-refractivity contribution is -0.119. The van der Waals surface area contributed by atoms with Gasteiger partial charge in [0.25, 0.3) is 0 Å². The summed E-state index contributed by atoms with van der Waals surface area (Å²) >= 11 is 4.68. The van der Waals surface area contributed by atoms with Crippen LogP contribution in [-0.2, 0) is 4.79 Å². The lowest BCUT2D eigenvalue weighted by Gasteiger charge is -2.24. The van der Waals surface area contributed by atoms with Gasteiger partial charge in [-0.3, -0.25) is 10.1 Å². The van der Waals surface area contributed by atoms with Crippen molar-refractivity contribution in [2.45, 2.75) is 18.9 Å². The van der Waals surface area contributed by atoms with Crippen molar-refractivity contribution in [2.75, 3.05) is 24.0 Å². The summed E-state index contributed by atoms with van der Waals surface area (Å²) in [5.41, 5.74) is 1.48. The van der Waals surface area contributed by atoms with Gasteiger partial charge >= 0.3 is 6.03 Å². The number of urea groups is 1. The molecule has 0 bridgehead atoms. The third-order valence-electron chi connectivity index (χ3n) is 5.21. The number of anilines is 2. The summed E-state index contributed by atoms with van der Waals surface area (Å²) in [6.45, 7) is 0.704. The third kappa shape index (κ3) is 4.13. The van der Waals surface area contributed by atoms with Crippen LogP contribution in [0.1, 0.15) is 12.8 Å². The number of halogens is 1. The standard InChI is InChI=1S/C21H18BrN5O4S/c22-13-4-1-2-5-14(13)23-21(29)27-9-3-6-15(27)18(28)24-20-26-25-19(32-20)12-7-8-16-17(10-12)31-11-30-16/h1-2,4-5,7-8,10,15H,3,6,9,11H2,(H,23,29)(H,24,26,28). The van der Waals surface area contributed by atoms with Crippen LogP contribution in [0.2, 0.25) is 0 Å². The lowest BCUT2D eigenvalue weighted by Crippen LogP contribution is -2.45. The molecule has 2 N–H and O–H groups in total. The number of benzene rings is 2. The van der Waals surface area contributed by atoms with Gasteiger partial charge in [-0.15, -0.1) is 10.2 Å². The second-order valence-corrected chi connectivity index (χ2v) is 9.06. The Balaban J connectivity index is 1.25. The van der Waals surface area contributed by atoms with Gasteiger partial charge in [-0.2, -0.15) is 0 Å². The number of nitrogens with one attached hydrogen (secondary N) is 2. The number of hydrogen-bond donors (Lipinski definition) is 2. The van der Waals surface area contributed by atoms with E-state index < -0.39 is 6.04 Å². The summed E-state index contributed by atoms with van der Waals surface area (Å²) in [6, 6.07) is 12.0. The highest BCUT2D eigenvalue weighted by Crippen LogP contribution is 2.37. The van der Waals surface area contributed by atoms with Crippen molar-refractivity contribution in [1.82, 2.24) is 15.1 Å². The molecule has 3 aromatic rings. The molecule has 0 spiro atoms. The van der Waals surface area contributed by atoms with Crippen molar-refractivity contribution in [3.8, 4) is 22.1 Å². The number of carbonyl (C=O) groups is 2. The maximum atomic E-state index is 12.9. The lowest BCUT2D eigenvalue weighted by atomic mass is 10.2. The zero-order chi connectivity index (χ0) is 22.1. The second kappa shape index (κ2) is 8.75. The van der Waals surface area contributed by atoms with E-state index in [1.807, 2.05) is 36.4 Å². The van der Waals surface area contributed by atoms with E-state index in [-0.39, 0.29) is 18.7 Å².